The second kappa shape index (κ2) is 17.8. The van der Waals surface area contributed by atoms with Gasteiger partial charge in [0.25, 0.3) is 0 Å². The van der Waals surface area contributed by atoms with Crippen molar-refractivity contribution in [2.24, 2.45) is 0 Å². The molecule has 0 saturated carbocycles. The van der Waals surface area contributed by atoms with Crippen LogP contribution in [0.4, 0.5) is 0 Å². The second-order valence-electron chi connectivity index (χ2n) is 13.0. The summed E-state index contributed by atoms with van der Waals surface area (Å²) >= 11 is 0. The fourth-order valence-electron chi connectivity index (χ4n) is 5.91. The predicted octanol–water partition coefficient (Wildman–Crippen LogP) is -3.58. The van der Waals surface area contributed by atoms with Crippen molar-refractivity contribution < 1.29 is 99.2 Å². The van der Waals surface area contributed by atoms with E-state index in [0.29, 0.717) is 5.56 Å². The zero-order valence-corrected chi connectivity index (χ0v) is 28.4. The molecule has 3 fully saturated rings. The summed E-state index contributed by atoms with van der Waals surface area (Å²) in [7, 11) is 0. The van der Waals surface area contributed by atoms with Crippen LogP contribution in [0, 0.1) is 0 Å². The Labute approximate surface area is 306 Å². The van der Waals surface area contributed by atoms with Crippen molar-refractivity contribution in [3.05, 3.63) is 53.6 Å². The minimum atomic E-state index is -2.14. The van der Waals surface area contributed by atoms with Gasteiger partial charge in [-0.05, 0) is 47.9 Å². The second-order valence-corrected chi connectivity index (χ2v) is 13.0. The molecule has 5 rings (SSSR count). The lowest BCUT2D eigenvalue weighted by molar-refractivity contribution is -0.349. The number of aliphatic hydroxyl groups is 8. The van der Waals surface area contributed by atoms with Crippen molar-refractivity contribution in [2.75, 3.05) is 33.0 Å². The van der Waals surface area contributed by atoms with Crippen LogP contribution >= 0.6 is 0 Å². The number of rotatable bonds is 14. The molecule has 0 bridgehead atoms. The summed E-state index contributed by atoms with van der Waals surface area (Å²) in [5.74, 6) is -2.70. The Morgan fingerprint density at radius 1 is 0.778 bits per heavy atom. The Hall–Kier alpha value is -3.71. The molecule has 3 aliphatic heterocycles. The normalized spacial score (nSPS) is 35.7. The first-order valence-corrected chi connectivity index (χ1v) is 16.7. The topological polar surface area (TPSA) is 324 Å². The zero-order chi connectivity index (χ0) is 39.3. The van der Waals surface area contributed by atoms with Gasteiger partial charge in [0.05, 0.1) is 33.0 Å². The molecule has 0 unspecified atom stereocenters. The Morgan fingerprint density at radius 3 is 2.11 bits per heavy atom. The van der Waals surface area contributed by atoms with E-state index in [4.69, 9.17) is 33.2 Å². The molecule has 12 N–H and O–H groups in total. The fraction of sp³-hybridized carbons (Fsp3) is 0.559. The third kappa shape index (κ3) is 9.38. The Bertz CT molecular complexity index is 1590. The van der Waals surface area contributed by atoms with Gasteiger partial charge in [0, 0.05) is 6.08 Å². The number of carbonyl (C=O) groups is 1. The van der Waals surface area contributed by atoms with Crippen LogP contribution in [-0.4, -0.2) is 180 Å². The fourth-order valence-corrected chi connectivity index (χ4v) is 5.91. The van der Waals surface area contributed by atoms with Gasteiger partial charge in [-0.15, -0.1) is 0 Å². The van der Waals surface area contributed by atoms with Gasteiger partial charge in [0.2, 0.25) is 0 Å². The van der Waals surface area contributed by atoms with E-state index in [1.54, 1.807) is 0 Å². The average Bonchev–Trinajstić information content (AvgIpc) is 3.44. The summed E-state index contributed by atoms with van der Waals surface area (Å²) < 4.78 is 39.8. The molecular formula is C34H44O20. The van der Waals surface area contributed by atoms with E-state index < -0.39 is 129 Å². The molecule has 0 radical (unpaired) electrons. The number of aliphatic hydroxyl groups excluding tert-OH is 7. The molecule has 20 nitrogen and oxygen atoms in total. The highest BCUT2D eigenvalue weighted by Crippen LogP contribution is 2.34. The number of phenols is 4. The van der Waals surface area contributed by atoms with Gasteiger partial charge in [-0.1, -0.05) is 12.1 Å². The molecule has 2 aromatic rings. The van der Waals surface area contributed by atoms with E-state index in [9.17, 15) is 66.1 Å². The largest absolute Gasteiger partial charge is 0.504 e. The summed E-state index contributed by atoms with van der Waals surface area (Å²) in [4.78, 5) is 13.1. The first-order valence-electron chi connectivity index (χ1n) is 16.7. The highest BCUT2D eigenvalue weighted by atomic mass is 16.8. The lowest BCUT2D eigenvalue weighted by Crippen LogP contribution is -2.63. The van der Waals surface area contributed by atoms with Gasteiger partial charge in [0.1, 0.15) is 54.4 Å². The van der Waals surface area contributed by atoms with Crippen molar-refractivity contribution in [1.29, 1.82) is 0 Å². The minimum Gasteiger partial charge on any atom is -0.504 e. The van der Waals surface area contributed by atoms with Crippen molar-refractivity contribution in [2.45, 2.75) is 85.8 Å². The van der Waals surface area contributed by atoms with Crippen LogP contribution in [0.3, 0.4) is 0 Å². The SMILES string of the molecule is O=C(/C=C/c1ccc(O)c(O)c1)O[C@H]1[C@H](O)[C@@H](O[C@@H]2OC[C@](O)(CO)[C@H]2O)[C@H](OCCc2ccc(O)c(O)c2)O[C@@H]1CO[C@@H]1O[C@H](CO)[C@@H](O)[C@H](O)[C@H]1O. The van der Waals surface area contributed by atoms with Crippen LogP contribution in [-0.2, 0) is 44.4 Å². The number of phenolic OH excluding ortho intramolecular Hbond substituents is 4. The molecular weight excluding hydrogens is 728 g/mol. The van der Waals surface area contributed by atoms with E-state index in [2.05, 4.69) is 0 Å². The quantitative estimate of drug-likeness (QED) is 0.0502. The lowest BCUT2D eigenvalue weighted by atomic mass is 9.97. The smallest absolute Gasteiger partial charge is 0.331 e. The van der Waals surface area contributed by atoms with Crippen molar-refractivity contribution in [1.82, 2.24) is 0 Å². The van der Waals surface area contributed by atoms with E-state index in [0.717, 1.165) is 12.1 Å². The maximum atomic E-state index is 13.1. The van der Waals surface area contributed by atoms with Crippen molar-refractivity contribution in [3.8, 4) is 23.0 Å². The molecule has 0 amide bonds. The number of esters is 1. The number of benzene rings is 2. The molecule has 20 heteroatoms. The molecule has 0 aromatic heterocycles. The highest BCUT2D eigenvalue weighted by Gasteiger charge is 2.55. The van der Waals surface area contributed by atoms with E-state index >= 15 is 0 Å². The van der Waals surface area contributed by atoms with Gasteiger partial charge < -0.3 is 94.4 Å². The Balaban J connectivity index is 1.40. The number of hydrogen-bond acceptors (Lipinski definition) is 20. The summed E-state index contributed by atoms with van der Waals surface area (Å²) in [5.41, 5.74) is -1.36. The van der Waals surface area contributed by atoms with Crippen LogP contribution < -0.4 is 0 Å². The minimum absolute atomic E-state index is 0.103. The third-order valence-corrected chi connectivity index (χ3v) is 9.14. The van der Waals surface area contributed by atoms with E-state index in [1.165, 1.54) is 36.4 Å². The van der Waals surface area contributed by atoms with E-state index in [-0.39, 0.29) is 24.3 Å². The summed E-state index contributed by atoms with van der Waals surface area (Å²) in [6.45, 7) is -3.11. The standard InChI is InChI=1S/C34H44O20/c35-11-21-24(42)25(43)26(44)31(51-21)49-12-22-28(53-23(41)6-3-15-1-4-17(37)19(39)9-15)27(45)29(54-33-30(46)34(47,13-36)14-50-33)32(52-22)48-8-7-16-2-5-18(38)20(40)10-16/h1-6,9-10,21-22,24-33,35-40,42-47H,7-8,11-14H2/b6-3+/t21-,22-,24-,25+,26-,27+,28-,29-,30+,31-,32-,33+,34-/m1/s1. The van der Waals surface area contributed by atoms with E-state index in [1.807, 2.05) is 0 Å². The first kappa shape index (κ1) is 41.5. The lowest BCUT2D eigenvalue weighted by Gasteiger charge is -2.45. The van der Waals surface area contributed by atoms with Gasteiger partial charge in [-0.25, -0.2) is 4.79 Å². The highest BCUT2D eigenvalue weighted by molar-refractivity contribution is 5.87. The first-order chi connectivity index (χ1) is 25.6. The van der Waals surface area contributed by atoms with Gasteiger partial charge >= 0.3 is 5.97 Å². The Morgan fingerprint density at radius 2 is 1.46 bits per heavy atom. The van der Waals surface area contributed by atoms with Crippen LogP contribution in [0.2, 0.25) is 0 Å². The van der Waals surface area contributed by atoms with Crippen LogP contribution in [0.25, 0.3) is 6.08 Å². The monoisotopic (exact) mass is 772 g/mol. The van der Waals surface area contributed by atoms with Gasteiger partial charge in [0.15, 0.2) is 48.0 Å². The number of hydrogen-bond donors (Lipinski definition) is 12. The molecule has 300 valence electrons. The summed E-state index contributed by atoms with van der Waals surface area (Å²) in [5, 5.41) is 122. The predicted molar refractivity (Wildman–Crippen MR) is 175 cm³/mol. The summed E-state index contributed by atoms with van der Waals surface area (Å²) in [6.07, 6.45) is -18.0. The maximum Gasteiger partial charge on any atom is 0.331 e. The molecule has 13 atom stereocenters. The molecule has 3 heterocycles. The molecule has 2 aromatic carbocycles. The van der Waals surface area contributed by atoms with Gasteiger partial charge in [-0.3, -0.25) is 0 Å². The summed E-state index contributed by atoms with van der Waals surface area (Å²) in [6, 6.07) is 7.74. The number of ether oxygens (including phenoxy) is 7. The molecule has 0 aliphatic carbocycles. The number of carbonyl (C=O) groups excluding carboxylic acids is 1. The van der Waals surface area contributed by atoms with Gasteiger partial charge in [-0.2, -0.15) is 0 Å². The molecule has 54 heavy (non-hydrogen) atoms. The number of aromatic hydroxyl groups is 4. The van der Waals surface area contributed by atoms with Crippen molar-refractivity contribution in [3.63, 3.8) is 0 Å². The third-order valence-electron chi connectivity index (χ3n) is 9.14. The molecule has 3 saturated heterocycles. The van der Waals surface area contributed by atoms with Crippen LogP contribution in [0.15, 0.2) is 42.5 Å². The molecule has 3 aliphatic rings. The average molecular weight is 773 g/mol. The zero-order valence-electron chi connectivity index (χ0n) is 28.4. The van der Waals surface area contributed by atoms with Crippen LogP contribution in [0.5, 0.6) is 23.0 Å². The van der Waals surface area contributed by atoms with Crippen molar-refractivity contribution >= 4 is 12.0 Å². The Kier molecular flexibility index (Phi) is 13.7. The maximum absolute atomic E-state index is 13.1. The van der Waals surface area contributed by atoms with Crippen LogP contribution in [0.1, 0.15) is 11.1 Å². The molecule has 0 spiro atoms.